The van der Waals surface area contributed by atoms with E-state index in [-0.39, 0.29) is 19.4 Å². The fourth-order valence-electron chi connectivity index (χ4n) is 2.64. The van der Waals surface area contributed by atoms with Gasteiger partial charge in [-0.1, -0.05) is 56.9 Å². The van der Waals surface area contributed by atoms with E-state index in [9.17, 15) is 14.7 Å². The molecule has 0 bridgehead atoms. The molecule has 0 aliphatic rings. The van der Waals surface area contributed by atoms with Crippen molar-refractivity contribution < 1.29 is 28.9 Å². The Kier molecular flexibility index (Phi) is 16.5. The van der Waals surface area contributed by atoms with E-state index < -0.39 is 23.6 Å². The standard InChI is InChI=1S/C24H38O6/c1-5-7-9-14-18-24(22(25)26,19-15-10-8-6-2)23(27)30-20-16-12-11-13-17-21(28-3)29-4/h9-10,14-15,21H,5-8,11-12,16,18-20H2,1-4H3,(H,25,26)/b14-9+,15-10+. The fourth-order valence-corrected chi connectivity index (χ4v) is 2.64. The number of hydrogen-bond donors (Lipinski definition) is 1. The number of carbonyl (C=O) groups excluding carboxylic acids is 1. The summed E-state index contributed by atoms with van der Waals surface area (Å²) in [6.07, 6.45) is 12.7. The second-order valence-electron chi connectivity index (χ2n) is 7.03. The summed E-state index contributed by atoms with van der Waals surface area (Å²) in [6.45, 7) is 4.27. The molecule has 0 aromatic heterocycles. The van der Waals surface area contributed by atoms with Gasteiger partial charge in [-0.2, -0.15) is 0 Å². The van der Waals surface area contributed by atoms with E-state index in [1.807, 2.05) is 26.0 Å². The Morgan fingerprint density at radius 1 is 0.967 bits per heavy atom. The number of esters is 1. The molecule has 0 saturated carbocycles. The molecule has 0 atom stereocenters. The van der Waals surface area contributed by atoms with Crippen molar-refractivity contribution in [3.8, 4) is 11.8 Å². The highest BCUT2D eigenvalue weighted by Crippen LogP contribution is 2.31. The summed E-state index contributed by atoms with van der Waals surface area (Å²) in [5, 5.41) is 9.87. The fraction of sp³-hybridized carbons (Fsp3) is 0.667. The molecule has 0 rings (SSSR count). The van der Waals surface area contributed by atoms with Crippen molar-refractivity contribution in [2.45, 2.75) is 77.9 Å². The number of carboxylic acids is 1. The molecule has 0 heterocycles. The van der Waals surface area contributed by atoms with Gasteiger partial charge in [-0.15, -0.1) is 0 Å². The number of unbranched alkanes of at least 4 members (excludes halogenated alkanes) is 4. The number of ether oxygens (including phenoxy) is 3. The van der Waals surface area contributed by atoms with E-state index in [1.165, 1.54) is 14.2 Å². The van der Waals surface area contributed by atoms with Gasteiger partial charge in [0, 0.05) is 20.6 Å². The van der Waals surface area contributed by atoms with Crippen molar-refractivity contribution >= 4 is 11.9 Å². The van der Waals surface area contributed by atoms with E-state index in [0.717, 1.165) is 32.1 Å². The minimum atomic E-state index is -1.58. The van der Waals surface area contributed by atoms with E-state index in [4.69, 9.17) is 14.2 Å². The zero-order chi connectivity index (χ0) is 22.7. The molecule has 30 heavy (non-hydrogen) atoms. The van der Waals surface area contributed by atoms with Gasteiger partial charge in [0.2, 0.25) is 6.29 Å². The van der Waals surface area contributed by atoms with Crippen molar-refractivity contribution in [2.75, 3.05) is 20.8 Å². The molecule has 0 saturated heterocycles. The molecule has 0 radical (unpaired) electrons. The van der Waals surface area contributed by atoms with Crippen LogP contribution in [0.5, 0.6) is 0 Å². The van der Waals surface area contributed by atoms with Crippen LogP contribution in [0.1, 0.15) is 71.6 Å². The molecule has 0 amide bonds. The molecule has 1 N–H and O–H groups in total. The van der Waals surface area contributed by atoms with Crippen molar-refractivity contribution in [3.05, 3.63) is 24.3 Å². The summed E-state index contributed by atoms with van der Waals surface area (Å²) in [6, 6.07) is 0. The maximum Gasteiger partial charge on any atom is 0.324 e. The maximum absolute atomic E-state index is 12.8. The molecule has 0 aromatic rings. The van der Waals surface area contributed by atoms with Crippen LogP contribution in [-0.4, -0.2) is 44.2 Å². The first-order valence-electron chi connectivity index (χ1n) is 10.7. The van der Waals surface area contributed by atoms with E-state index >= 15 is 0 Å². The summed E-state index contributed by atoms with van der Waals surface area (Å²) in [5.74, 6) is 3.95. The lowest BCUT2D eigenvalue weighted by Gasteiger charge is -2.25. The number of methoxy groups -OCH3 is 2. The molecule has 0 aliphatic carbocycles. The zero-order valence-electron chi connectivity index (χ0n) is 18.9. The Bertz CT molecular complexity index is 575. The lowest BCUT2D eigenvalue weighted by atomic mass is 9.80. The first kappa shape index (κ1) is 27.9. The Morgan fingerprint density at radius 3 is 2.00 bits per heavy atom. The topological polar surface area (TPSA) is 82.1 Å². The number of rotatable bonds is 16. The van der Waals surface area contributed by atoms with Gasteiger partial charge in [0.25, 0.3) is 0 Å². The highest BCUT2D eigenvalue weighted by molar-refractivity contribution is 5.99. The van der Waals surface area contributed by atoms with Gasteiger partial charge in [0.1, 0.15) is 0 Å². The van der Waals surface area contributed by atoms with Gasteiger partial charge >= 0.3 is 11.9 Å². The summed E-state index contributed by atoms with van der Waals surface area (Å²) in [5.41, 5.74) is -1.58. The second kappa shape index (κ2) is 17.7. The second-order valence-corrected chi connectivity index (χ2v) is 7.03. The molecule has 0 unspecified atom stereocenters. The van der Waals surface area contributed by atoms with Gasteiger partial charge < -0.3 is 19.3 Å². The van der Waals surface area contributed by atoms with Crippen LogP contribution in [0.15, 0.2) is 24.3 Å². The van der Waals surface area contributed by atoms with Gasteiger partial charge in [0.15, 0.2) is 5.41 Å². The molecular formula is C24H38O6. The lowest BCUT2D eigenvalue weighted by Crippen LogP contribution is -2.40. The Balaban J connectivity index is 4.86. The predicted octanol–water partition coefficient (Wildman–Crippen LogP) is 4.89. The third kappa shape index (κ3) is 11.2. The monoisotopic (exact) mass is 422 g/mol. The van der Waals surface area contributed by atoms with Gasteiger partial charge in [-0.25, -0.2) is 0 Å². The van der Waals surface area contributed by atoms with Gasteiger partial charge in [0.05, 0.1) is 6.61 Å². The van der Waals surface area contributed by atoms with E-state index in [0.29, 0.717) is 12.8 Å². The molecule has 0 aliphatic heterocycles. The summed E-state index contributed by atoms with van der Waals surface area (Å²) >= 11 is 0. The molecular weight excluding hydrogens is 384 g/mol. The average molecular weight is 423 g/mol. The number of allylic oxidation sites excluding steroid dienone is 4. The number of carboxylic acid groups (broad SMARTS) is 1. The first-order valence-corrected chi connectivity index (χ1v) is 10.7. The van der Waals surface area contributed by atoms with Crippen molar-refractivity contribution in [3.63, 3.8) is 0 Å². The van der Waals surface area contributed by atoms with Gasteiger partial charge in [-0.3, -0.25) is 9.59 Å². The van der Waals surface area contributed by atoms with Crippen LogP contribution in [0, 0.1) is 17.3 Å². The van der Waals surface area contributed by atoms with Crippen LogP contribution in [0.2, 0.25) is 0 Å². The predicted molar refractivity (Wildman–Crippen MR) is 118 cm³/mol. The number of hydrogen-bond acceptors (Lipinski definition) is 5. The minimum Gasteiger partial charge on any atom is -0.480 e. The SMILES string of the molecule is CCC/C=C/CC(C/C=C/CCC)(C(=O)O)C(=O)OCCCCC#CC(OC)OC. The lowest BCUT2D eigenvalue weighted by molar-refractivity contribution is -0.168. The molecule has 6 heteroatoms. The highest BCUT2D eigenvalue weighted by Gasteiger charge is 2.45. The number of aliphatic carboxylic acids is 1. The molecule has 6 nitrogen and oxygen atoms in total. The summed E-state index contributed by atoms with van der Waals surface area (Å²) in [7, 11) is 3.04. The maximum atomic E-state index is 12.8. The highest BCUT2D eigenvalue weighted by atomic mass is 16.7. The first-order chi connectivity index (χ1) is 14.5. The van der Waals surface area contributed by atoms with Crippen LogP contribution in [0.25, 0.3) is 0 Å². The number of carbonyl (C=O) groups is 2. The van der Waals surface area contributed by atoms with Crippen LogP contribution in [0.4, 0.5) is 0 Å². The molecule has 170 valence electrons. The normalized spacial score (nSPS) is 11.8. The Morgan fingerprint density at radius 2 is 1.53 bits per heavy atom. The minimum absolute atomic E-state index is 0.124. The Hall–Kier alpha value is -2.10. The average Bonchev–Trinajstić information content (AvgIpc) is 2.74. The molecule has 0 aromatic carbocycles. The van der Waals surface area contributed by atoms with Crippen LogP contribution in [-0.2, 0) is 23.8 Å². The molecule has 0 fully saturated rings. The van der Waals surface area contributed by atoms with E-state index in [2.05, 4.69) is 11.8 Å². The quantitative estimate of drug-likeness (QED) is 0.0953. The smallest absolute Gasteiger partial charge is 0.324 e. The van der Waals surface area contributed by atoms with Crippen LogP contribution >= 0.6 is 0 Å². The van der Waals surface area contributed by atoms with Crippen molar-refractivity contribution in [2.24, 2.45) is 5.41 Å². The van der Waals surface area contributed by atoms with Crippen LogP contribution < -0.4 is 0 Å². The third-order valence-electron chi connectivity index (χ3n) is 4.55. The molecule has 0 spiro atoms. The van der Waals surface area contributed by atoms with Crippen molar-refractivity contribution in [1.82, 2.24) is 0 Å². The van der Waals surface area contributed by atoms with Gasteiger partial charge in [-0.05, 0) is 44.4 Å². The summed E-state index contributed by atoms with van der Waals surface area (Å²) in [4.78, 5) is 24.8. The van der Waals surface area contributed by atoms with Crippen molar-refractivity contribution in [1.29, 1.82) is 0 Å². The third-order valence-corrected chi connectivity index (χ3v) is 4.55. The van der Waals surface area contributed by atoms with Crippen LogP contribution in [0.3, 0.4) is 0 Å². The summed E-state index contributed by atoms with van der Waals surface area (Å²) < 4.78 is 15.3. The Labute approximate surface area is 181 Å². The zero-order valence-corrected chi connectivity index (χ0v) is 18.9. The van der Waals surface area contributed by atoms with E-state index in [1.54, 1.807) is 12.2 Å². The largest absolute Gasteiger partial charge is 0.480 e.